The van der Waals surface area contributed by atoms with Crippen molar-refractivity contribution in [3.8, 4) is 11.3 Å². The van der Waals surface area contributed by atoms with Gasteiger partial charge >= 0.3 is 0 Å². The van der Waals surface area contributed by atoms with E-state index in [9.17, 15) is 0 Å². The maximum absolute atomic E-state index is 5.44. The van der Waals surface area contributed by atoms with E-state index in [0.717, 1.165) is 43.2 Å². The van der Waals surface area contributed by atoms with Crippen LogP contribution in [-0.2, 0) is 6.54 Å². The van der Waals surface area contributed by atoms with Crippen LogP contribution in [0.5, 0.6) is 0 Å². The molecule has 0 aliphatic carbocycles. The largest absolute Gasteiger partial charge is 0.359 e. The molecule has 1 fully saturated rings. The van der Waals surface area contributed by atoms with Crippen molar-refractivity contribution in [2.45, 2.75) is 19.5 Å². The number of rotatable bonds is 3. The summed E-state index contributed by atoms with van der Waals surface area (Å²) in [6, 6.07) is 12.7. The van der Waals surface area contributed by atoms with Gasteiger partial charge in [-0.05, 0) is 6.92 Å². The van der Waals surface area contributed by atoms with Crippen LogP contribution < -0.4 is 5.32 Å². The van der Waals surface area contributed by atoms with E-state index in [1.165, 1.54) is 0 Å². The van der Waals surface area contributed by atoms with Gasteiger partial charge in [-0.1, -0.05) is 35.5 Å². The number of hydrogen-bond acceptors (Lipinski definition) is 4. The van der Waals surface area contributed by atoms with Crippen LogP contribution in [0, 0.1) is 0 Å². The summed E-state index contributed by atoms with van der Waals surface area (Å²) < 4.78 is 5.44. The second-order valence-corrected chi connectivity index (χ2v) is 5.13. The third-order valence-corrected chi connectivity index (χ3v) is 3.46. The quantitative estimate of drug-likeness (QED) is 0.914. The van der Waals surface area contributed by atoms with Crippen LogP contribution in [-0.4, -0.2) is 35.7 Å². The Morgan fingerprint density at radius 1 is 1.37 bits per heavy atom. The monoisotopic (exact) mass is 257 g/mol. The number of piperazine rings is 1. The van der Waals surface area contributed by atoms with Crippen LogP contribution in [0.2, 0.25) is 0 Å². The smallest absolute Gasteiger partial charge is 0.151 e. The second kappa shape index (κ2) is 5.55. The fourth-order valence-electron chi connectivity index (χ4n) is 2.51. The predicted octanol–water partition coefficient (Wildman–Crippen LogP) is 2.14. The number of hydrogen-bond donors (Lipinski definition) is 1. The van der Waals surface area contributed by atoms with E-state index in [1.807, 2.05) is 24.3 Å². The molecule has 4 nitrogen and oxygen atoms in total. The van der Waals surface area contributed by atoms with Gasteiger partial charge in [-0.2, -0.15) is 0 Å². The third kappa shape index (κ3) is 3.03. The third-order valence-electron chi connectivity index (χ3n) is 3.46. The predicted molar refractivity (Wildman–Crippen MR) is 74.7 cm³/mol. The summed E-state index contributed by atoms with van der Waals surface area (Å²) in [6.07, 6.45) is 0. The van der Waals surface area contributed by atoms with Gasteiger partial charge in [0.2, 0.25) is 0 Å². The Balaban J connectivity index is 1.68. The number of nitrogens with zero attached hydrogens (tertiary/aromatic N) is 2. The van der Waals surface area contributed by atoms with Crippen molar-refractivity contribution in [2.75, 3.05) is 19.6 Å². The van der Waals surface area contributed by atoms with Gasteiger partial charge in [-0.15, -0.1) is 0 Å². The van der Waals surface area contributed by atoms with Crippen LogP contribution >= 0.6 is 0 Å². The van der Waals surface area contributed by atoms with E-state index in [4.69, 9.17) is 4.52 Å². The van der Waals surface area contributed by atoms with Crippen LogP contribution in [0.15, 0.2) is 40.9 Å². The van der Waals surface area contributed by atoms with Gasteiger partial charge in [0.25, 0.3) is 0 Å². The lowest BCUT2D eigenvalue weighted by molar-refractivity contribution is 0.180. The fourth-order valence-corrected chi connectivity index (χ4v) is 2.51. The van der Waals surface area contributed by atoms with Crippen molar-refractivity contribution in [3.05, 3.63) is 42.2 Å². The zero-order chi connectivity index (χ0) is 13.1. The van der Waals surface area contributed by atoms with E-state index in [-0.39, 0.29) is 0 Å². The van der Waals surface area contributed by atoms with Crippen LogP contribution in [0.25, 0.3) is 11.3 Å². The molecule has 100 valence electrons. The summed E-state index contributed by atoms with van der Waals surface area (Å²) in [5.74, 6) is 0.938. The molecule has 0 amide bonds. The van der Waals surface area contributed by atoms with Crippen molar-refractivity contribution in [1.29, 1.82) is 0 Å². The number of nitrogens with one attached hydrogen (secondary N) is 1. The average molecular weight is 257 g/mol. The molecule has 1 aromatic carbocycles. The Kier molecular flexibility index (Phi) is 3.62. The Morgan fingerprint density at radius 3 is 3.00 bits per heavy atom. The second-order valence-electron chi connectivity index (χ2n) is 5.13. The van der Waals surface area contributed by atoms with Crippen LogP contribution in [0.4, 0.5) is 0 Å². The van der Waals surface area contributed by atoms with Crippen molar-refractivity contribution in [2.24, 2.45) is 0 Å². The van der Waals surface area contributed by atoms with Gasteiger partial charge in [0.1, 0.15) is 5.69 Å². The summed E-state index contributed by atoms with van der Waals surface area (Å²) in [6.45, 7) is 6.21. The minimum Gasteiger partial charge on any atom is -0.359 e. The summed E-state index contributed by atoms with van der Waals surface area (Å²) >= 11 is 0. The first-order chi connectivity index (χ1) is 9.31. The van der Waals surface area contributed by atoms with Crippen LogP contribution in [0.1, 0.15) is 12.7 Å². The summed E-state index contributed by atoms with van der Waals surface area (Å²) in [5, 5.41) is 7.59. The Hall–Kier alpha value is -1.65. The molecule has 3 rings (SSSR count). The lowest BCUT2D eigenvalue weighted by Crippen LogP contribution is -2.48. The number of aromatic nitrogens is 1. The molecule has 1 atom stereocenters. The topological polar surface area (TPSA) is 41.3 Å². The lowest BCUT2D eigenvalue weighted by atomic mass is 10.1. The minimum absolute atomic E-state index is 0.547. The number of benzene rings is 1. The van der Waals surface area contributed by atoms with Crippen LogP contribution in [0.3, 0.4) is 0 Å². The first-order valence-electron chi connectivity index (χ1n) is 6.78. The molecule has 1 aliphatic heterocycles. The van der Waals surface area contributed by atoms with Gasteiger partial charge in [-0.25, -0.2) is 0 Å². The first-order valence-corrected chi connectivity index (χ1v) is 6.78. The first kappa shape index (κ1) is 12.4. The van der Waals surface area contributed by atoms with Crippen molar-refractivity contribution < 1.29 is 4.52 Å². The van der Waals surface area contributed by atoms with E-state index in [1.54, 1.807) is 0 Å². The lowest BCUT2D eigenvalue weighted by Gasteiger charge is -2.30. The van der Waals surface area contributed by atoms with Gasteiger partial charge in [-0.3, -0.25) is 4.90 Å². The van der Waals surface area contributed by atoms with Crippen molar-refractivity contribution in [1.82, 2.24) is 15.4 Å². The Bertz CT molecular complexity index is 523. The highest BCUT2D eigenvalue weighted by atomic mass is 16.5. The fraction of sp³-hybridized carbons (Fsp3) is 0.400. The van der Waals surface area contributed by atoms with E-state index < -0.39 is 0 Å². The van der Waals surface area contributed by atoms with Gasteiger partial charge in [0.15, 0.2) is 5.76 Å². The maximum Gasteiger partial charge on any atom is 0.151 e. The zero-order valence-corrected chi connectivity index (χ0v) is 11.2. The van der Waals surface area contributed by atoms with Crippen molar-refractivity contribution >= 4 is 0 Å². The summed E-state index contributed by atoms with van der Waals surface area (Å²) in [5.41, 5.74) is 2.02. The van der Waals surface area contributed by atoms with E-state index >= 15 is 0 Å². The SMILES string of the molecule is CC1CN(Cc2cc(-c3ccccc3)no2)CCN1. The molecule has 2 heterocycles. The van der Waals surface area contributed by atoms with Gasteiger partial charge < -0.3 is 9.84 Å². The molecular formula is C15H19N3O. The molecule has 0 spiro atoms. The molecule has 4 heteroatoms. The van der Waals surface area contributed by atoms with Gasteiger partial charge in [0.05, 0.1) is 6.54 Å². The highest BCUT2D eigenvalue weighted by Crippen LogP contribution is 2.19. The summed E-state index contributed by atoms with van der Waals surface area (Å²) in [7, 11) is 0. The molecule has 2 aromatic rings. The standard InChI is InChI=1S/C15H19N3O/c1-12-10-18(8-7-16-12)11-14-9-15(17-19-14)13-5-3-2-4-6-13/h2-6,9,12,16H,7-8,10-11H2,1H3. The molecule has 0 bridgehead atoms. The molecule has 19 heavy (non-hydrogen) atoms. The van der Waals surface area contributed by atoms with Crippen molar-refractivity contribution in [3.63, 3.8) is 0 Å². The molecule has 1 unspecified atom stereocenters. The molecule has 1 aliphatic rings. The van der Waals surface area contributed by atoms with Gasteiger partial charge in [0, 0.05) is 37.3 Å². The minimum atomic E-state index is 0.547. The molecule has 1 saturated heterocycles. The molecule has 0 saturated carbocycles. The highest BCUT2D eigenvalue weighted by Gasteiger charge is 2.17. The maximum atomic E-state index is 5.44. The normalized spacial score (nSPS) is 20.6. The molecule has 1 N–H and O–H groups in total. The molecule has 1 aromatic heterocycles. The Labute approximate surface area is 113 Å². The van der Waals surface area contributed by atoms with E-state index in [2.05, 4.69) is 34.4 Å². The molecule has 0 radical (unpaired) electrons. The summed E-state index contributed by atoms with van der Waals surface area (Å²) in [4.78, 5) is 2.40. The van der Waals surface area contributed by atoms with E-state index in [0.29, 0.717) is 6.04 Å². The zero-order valence-electron chi connectivity index (χ0n) is 11.2. The average Bonchev–Trinajstić information content (AvgIpc) is 2.88. The molecular weight excluding hydrogens is 238 g/mol. The Morgan fingerprint density at radius 2 is 2.21 bits per heavy atom. The highest BCUT2D eigenvalue weighted by molar-refractivity contribution is 5.58.